The number of nitrogens with one attached hydrogen (secondary N) is 1. The summed E-state index contributed by atoms with van der Waals surface area (Å²) in [6.45, 7) is 0. The Balaban J connectivity index is 1.43. The summed E-state index contributed by atoms with van der Waals surface area (Å²) in [6.07, 6.45) is 4.22. The maximum absolute atomic E-state index is 12.8. The number of benzene rings is 2. The summed E-state index contributed by atoms with van der Waals surface area (Å²) in [7, 11) is 1.62. The van der Waals surface area contributed by atoms with E-state index in [0.29, 0.717) is 11.6 Å². The molecule has 0 radical (unpaired) electrons. The number of hydrogen-bond acceptors (Lipinski definition) is 5. The lowest BCUT2D eigenvalue weighted by molar-refractivity contribution is -0.114. The van der Waals surface area contributed by atoms with Crippen LogP contribution in [0.4, 0.5) is 0 Å². The van der Waals surface area contributed by atoms with Crippen LogP contribution in [0.3, 0.4) is 0 Å². The van der Waals surface area contributed by atoms with Crippen molar-refractivity contribution in [3.05, 3.63) is 89.8 Å². The Morgan fingerprint density at radius 2 is 1.84 bits per heavy atom. The van der Waals surface area contributed by atoms with Crippen LogP contribution < -0.4 is 4.74 Å². The lowest BCUT2D eigenvalue weighted by atomic mass is 10.1. The van der Waals surface area contributed by atoms with E-state index in [0.717, 1.165) is 27.7 Å². The van der Waals surface area contributed by atoms with E-state index in [1.165, 1.54) is 16.8 Å². The van der Waals surface area contributed by atoms with E-state index in [4.69, 9.17) is 10.1 Å². The number of methoxy groups -OCH3 is 1. The zero-order chi connectivity index (χ0) is 22.1. The number of aliphatic imine (C=N–C) groups is 1. The van der Waals surface area contributed by atoms with Crippen molar-refractivity contribution in [2.24, 2.45) is 10.1 Å². The molecule has 0 fully saturated rings. The molecule has 0 spiro atoms. The van der Waals surface area contributed by atoms with E-state index >= 15 is 0 Å². The number of ether oxygens (including phenoxy) is 1. The number of thioether (sulfide) groups is 1. The van der Waals surface area contributed by atoms with Crippen molar-refractivity contribution in [3.63, 3.8) is 0 Å². The fraction of sp³-hybridized carbons (Fsp3) is 0.0833. The van der Waals surface area contributed by atoms with Gasteiger partial charge in [-0.15, -0.1) is 0 Å². The Labute approximate surface area is 189 Å². The van der Waals surface area contributed by atoms with Gasteiger partial charge in [0.05, 0.1) is 12.7 Å². The van der Waals surface area contributed by atoms with E-state index in [-0.39, 0.29) is 11.4 Å². The number of carbonyl (C=O) groups excluding carboxylic acids is 1. The molecule has 7 nitrogen and oxygen atoms in total. The molecule has 0 saturated heterocycles. The average molecular weight is 442 g/mol. The summed E-state index contributed by atoms with van der Waals surface area (Å²) in [5.41, 5.74) is 3.00. The van der Waals surface area contributed by atoms with E-state index in [1.54, 1.807) is 13.2 Å². The van der Waals surface area contributed by atoms with E-state index in [1.807, 2.05) is 77.5 Å². The van der Waals surface area contributed by atoms with E-state index in [2.05, 4.69) is 10.1 Å². The normalized spacial score (nSPS) is 16.8. The number of carbonyl (C=O) groups is 1. The number of fused-ring (bicyclic) bond motifs is 1. The van der Waals surface area contributed by atoms with Crippen molar-refractivity contribution in [1.82, 2.24) is 9.58 Å². The maximum Gasteiger partial charge on any atom is 0.283 e. The molecule has 8 heteroatoms. The zero-order valence-electron chi connectivity index (χ0n) is 17.2. The van der Waals surface area contributed by atoms with Crippen LogP contribution in [0.15, 0.2) is 88.6 Å². The predicted octanol–water partition coefficient (Wildman–Crippen LogP) is 4.35. The Morgan fingerprint density at radius 1 is 1.06 bits per heavy atom. The molecule has 3 aromatic rings. The zero-order valence-corrected chi connectivity index (χ0v) is 18.0. The molecule has 2 aromatic carbocycles. The molecule has 2 aliphatic rings. The topological polar surface area (TPSA) is 83.0 Å². The molecular weight excluding hydrogens is 422 g/mol. The number of hydrogen-bond donors (Lipinski definition) is 1. The Morgan fingerprint density at radius 3 is 2.59 bits per heavy atom. The van der Waals surface area contributed by atoms with Gasteiger partial charge in [0, 0.05) is 24.0 Å². The predicted molar refractivity (Wildman–Crippen MR) is 127 cm³/mol. The first kappa shape index (κ1) is 20.0. The molecule has 5 rings (SSSR count). The highest BCUT2D eigenvalue weighted by molar-refractivity contribution is 8.26. The van der Waals surface area contributed by atoms with Gasteiger partial charge in [0.25, 0.3) is 5.91 Å². The first-order chi connectivity index (χ1) is 15.6. The van der Waals surface area contributed by atoms with Crippen LogP contribution >= 0.6 is 11.8 Å². The minimum absolute atomic E-state index is 0.0260. The third-order valence-corrected chi connectivity index (χ3v) is 6.03. The third-order valence-electron chi connectivity index (χ3n) is 5.12. The first-order valence-corrected chi connectivity index (χ1v) is 10.8. The second-order valence-electron chi connectivity index (χ2n) is 7.18. The highest BCUT2D eigenvalue weighted by Gasteiger charge is 2.35. The monoisotopic (exact) mass is 441 g/mol. The van der Waals surface area contributed by atoms with Crippen molar-refractivity contribution >= 4 is 39.8 Å². The molecule has 0 bridgehead atoms. The van der Waals surface area contributed by atoms with Crippen LogP contribution in [0.2, 0.25) is 0 Å². The fourth-order valence-corrected chi connectivity index (χ4v) is 4.43. The Hall–Kier alpha value is -3.91. The molecule has 0 aliphatic carbocycles. The van der Waals surface area contributed by atoms with Crippen LogP contribution in [0.1, 0.15) is 11.3 Å². The number of nitrogens with zero attached hydrogens (tertiary/aromatic N) is 4. The molecule has 1 aromatic heterocycles. The van der Waals surface area contributed by atoms with Crippen LogP contribution in [0.25, 0.3) is 11.8 Å². The van der Waals surface area contributed by atoms with Crippen molar-refractivity contribution in [3.8, 4) is 11.4 Å². The van der Waals surface area contributed by atoms with Gasteiger partial charge >= 0.3 is 0 Å². The van der Waals surface area contributed by atoms with Gasteiger partial charge < -0.3 is 9.30 Å². The molecule has 3 heterocycles. The van der Waals surface area contributed by atoms with Gasteiger partial charge in [0.1, 0.15) is 10.8 Å². The van der Waals surface area contributed by atoms with Crippen LogP contribution in [-0.4, -0.2) is 38.6 Å². The van der Waals surface area contributed by atoms with Crippen molar-refractivity contribution in [2.75, 3.05) is 7.11 Å². The second kappa shape index (κ2) is 8.32. The third kappa shape index (κ3) is 3.76. The molecule has 1 N–H and O–H groups in total. The maximum atomic E-state index is 12.8. The van der Waals surface area contributed by atoms with Gasteiger partial charge in [0.15, 0.2) is 5.84 Å². The fourth-order valence-electron chi connectivity index (χ4n) is 3.51. The number of amides is 1. The van der Waals surface area contributed by atoms with Gasteiger partial charge in [-0.25, -0.2) is 0 Å². The SMILES string of the molecule is COc1ccc(-n2cccc2/C=C2\C(=N)N3N=C(Cc4ccccc4)SC3=NC2=O)cc1. The Bertz CT molecular complexity index is 1290. The smallest absolute Gasteiger partial charge is 0.283 e. The van der Waals surface area contributed by atoms with Gasteiger partial charge in [-0.05, 0) is 59.8 Å². The lowest BCUT2D eigenvalue weighted by Gasteiger charge is -2.20. The summed E-state index contributed by atoms with van der Waals surface area (Å²) in [5, 5.41) is 15.8. The number of hydrazone groups is 1. The highest BCUT2D eigenvalue weighted by atomic mass is 32.2. The molecule has 0 unspecified atom stereocenters. The van der Waals surface area contributed by atoms with Crippen LogP contribution in [0.5, 0.6) is 5.75 Å². The quantitative estimate of drug-likeness (QED) is 0.597. The summed E-state index contributed by atoms with van der Waals surface area (Å²) in [4.78, 5) is 16.9. The molecule has 32 heavy (non-hydrogen) atoms. The number of rotatable bonds is 5. The summed E-state index contributed by atoms with van der Waals surface area (Å²) < 4.78 is 7.16. The van der Waals surface area contributed by atoms with Crippen molar-refractivity contribution < 1.29 is 9.53 Å². The standard InChI is InChI=1S/C24H19N5O2S/c1-31-19-11-9-17(10-12-19)28-13-5-8-18(28)15-20-22(25)29-24(26-23(20)30)32-21(27-29)14-16-6-3-2-4-7-16/h2-13,15,25H,14H2,1H3/b20-15+,25-22?. The molecule has 2 aliphatic heterocycles. The van der Waals surface area contributed by atoms with E-state index in [9.17, 15) is 4.79 Å². The van der Waals surface area contributed by atoms with E-state index < -0.39 is 5.91 Å². The molecule has 0 saturated carbocycles. The summed E-state index contributed by atoms with van der Waals surface area (Å²) in [5.74, 6) is 0.355. The molecule has 158 valence electrons. The number of aromatic nitrogens is 1. The molecule has 0 atom stereocenters. The van der Waals surface area contributed by atoms with Gasteiger partial charge in [-0.2, -0.15) is 15.1 Å². The van der Waals surface area contributed by atoms with Crippen LogP contribution in [-0.2, 0) is 11.2 Å². The highest BCUT2D eigenvalue weighted by Crippen LogP contribution is 2.30. The number of amidine groups is 2. The minimum atomic E-state index is -0.438. The van der Waals surface area contributed by atoms with Crippen molar-refractivity contribution in [2.45, 2.75) is 6.42 Å². The lowest BCUT2D eigenvalue weighted by Crippen LogP contribution is -2.35. The average Bonchev–Trinajstić information content (AvgIpc) is 3.44. The first-order valence-electron chi connectivity index (χ1n) is 9.97. The van der Waals surface area contributed by atoms with Crippen LogP contribution in [0, 0.1) is 5.41 Å². The van der Waals surface area contributed by atoms with Gasteiger partial charge in [0.2, 0.25) is 5.17 Å². The van der Waals surface area contributed by atoms with Gasteiger partial charge in [-0.1, -0.05) is 30.3 Å². The largest absolute Gasteiger partial charge is 0.497 e. The molecular formula is C24H19N5O2S. The minimum Gasteiger partial charge on any atom is -0.497 e. The second-order valence-corrected chi connectivity index (χ2v) is 8.22. The Kier molecular flexibility index (Phi) is 5.20. The molecule has 1 amide bonds. The summed E-state index contributed by atoms with van der Waals surface area (Å²) >= 11 is 1.33. The summed E-state index contributed by atoms with van der Waals surface area (Å²) in [6, 6.07) is 21.4. The van der Waals surface area contributed by atoms with Crippen molar-refractivity contribution in [1.29, 1.82) is 5.41 Å². The van der Waals surface area contributed by atoms with Gasteiger partial charge in [-0.3, -0.25) is 10.2 Å².